The van der Waals surface area contributed by atoms with E-state index in [-0.39, 0.29) is 0 Å². The van der Waals surface area contributed by atoms with Crippen molar-refractivity contribution in [1.29, 1.82) is 0 Å². The molecular weight excluding hydrogens is 260 g/mol. The predicted octanol–water partition coefficient (Wildman–Crippen LogP) is 2.40. The average Bonchev–Trinajstić information content (AvgIpc) is 2.55. The number of nitrogens with one attached hydrogen (secondary N) is 3. The van der Waals surface area contributed by atoms with Crippen LogP contribution < -0.4 is 16.0 Å². The van der Waals surface area contributed by atoms with Gasteiger partial charge in [0, 0.05) is 31.5 Å². The molecule has 2 fully saturated rings. The Balaban J connectivity index is 1.32. The molecule has 0 aromatic carbocycles. The minimum absolute atomic E-state index is 0.678. The highest BCUT2D eigenvalue weighted by molar-refractivity contribution is 5.39. The zero-order valence-corrected chi connectivity index (χ0v) is 12.9. The Hall–Kier alpha value is -1.13. The minimum atomic E-state index is 0.678. The van der Waals surface area contributed by atoms with Gasteiger partial charge in [-0.25, -0.2) is 0 Å². The molecule has 4 heteroatoms. The molecule has 2 heterocycles. The average molecular weight is 288 g/mol. The van der Waals surface area contributed by atoms with Crippen molar-refractivity contribution >= 4 is 5.69 Å². The van der Waals surface area contributed by atoms with Crippen molar-refractivity contribution in [2.24, 2.45) is 5.41 Å². The number of hydrogen-bond acceptors (Lipinski definition) is 4. The zero-order valence-electron chi connectivity index (χ0n) is 12.9. The lowest BCUT2D eigenvalue weighted by Crippen LogP contribution is -2.43. The summed E-state index contributed by atoms with van der Waals surface area (Å²) in [5.74, 6) is 0. The molecule has 1 aliphatic carbocycles. The Labute approximate surface area is 128 Å². The van der Waals surface area contributed by atoms with E-state index in [2.05, 4.69) is 27.0 Å². The van der Waals surface area contributed by atoms with Crippen LogP contribution in [0.3, 0.4) is 0 Å². The summed E-state index contributed by atoms with van der Waals surface area (Å²) >= 11 is 0. The number of anilines is 1. The van der Waals surface area contributed by atoms with Crippen LogP contribution in [0.1, 0.15) is 38.5 Å². The molecular formula is C17H28N4. The summed E-state index contributed by atoms with van der Waals surface area (Å²) in [6.07, 6.45) is 12.0. The molecule has 0 amide bonds. The molecule has 0 bridgehead atoms. The normalized spacial score (nSPS) is 22.3. The Morgan fingerprint density at radius 3 is 2.67 bits per heavy atom. The lowest BCUT2D eigenvalue weighted by Gasteiger charge is -2.43. The summed E-state index contributed by atoms with van der Waals surface area (Å²) < 4.78 is 0. The van der Waals surface area contributed by atoms with Gasteiger partial charge >= 0.3 is 0 Å². The summed E-state index contributed by atoms with van der Waals surface area (Å²) in [7, 11) is 0. The lowest BCUT2D eigenvalue weighted by atomic mass is 9.67. The molecule has 0 radical (unpaired) electrons. The van der Waals surface area contributed by atoms with Crippen molar-refractivity contribution in [2.45, 2.75) is 44.6 Å². The zero-order chi connectivity index (χ0) is 14.4. The molecule has 1 aliphatic heterocycles. The molecule has 0 unspecified atom stereocenters. The molecule has 1 aromatic rings. The van der Waals surface area contributed by atoms with E-state index >= 15 is 0 Å². The van der Waals surface area contributed by atoms with Gasteiger partial charge in [-0.15, -0.1) is 0 Å². The van der Waals surface area contributed by atoms with Crippen LogP contribution in [0, 0.1) is 5.41 Å². The maximum atomic E-state index is 4.11. The predicted molar refractivity (Wildman–Crippen MR) is 87.5 cm³/mol. The van der Waals surface area contributed by atoms with Gasteiger partial charge in [0.25, 0.3) is 0 Å². The van der Waals surface area contributed by atoms with Gasteiger partial charge in [0.15, 0.2) is 0 Å². The van der Waals surface area contributed by atoms with E-state index in [1.165, 1.54) is 51.6 Å². The Morgan fingerprint density at radius 1 is 1.14 bits per heavy atom. The van der Waals surface area contributed by atoms with E-state index < -0.39 is 0 Å². The second kappa shape index (κ2) is 7.23. The van der Waals surface area contributed by atoms with Crippen molar-refractivity contribution in [1.82, 2.24) is 15.6 Å². The largest absolute Gasteiger partial charge is 0.383 e. The minimum Gasteiger partial charge on any atom is -0.383 e. The van der Waals surface area contributed by atoms with Crippen LogP contribution in [0.2, 0.25) is 0 Å². The summed E-state index contributed by atoms with van der Waals surface area (Å²) in [5, 5.41) is 10.6. The van der Waals surface area contributed by atoms with Crippen molar-refractivity contribution in [3.8, 4) is 0 Å². The highest BCUT2D eigenvalue weighted by atomic mass is 15.0. The number of rotatable bonds is 5. The first-order valence-electron chi connectivity index (χ1n) is 8.44. The first-order chi connectivity index (χ1) is 10.4. The van der Waals surface area contributed by atoms with Gasteiger partial charge < -0.3 is 16.0 Å². The highest BCUT2D eigenvalue weighted by Gasteiger charge is 2.35. The Bertz CT molecular complexity index is 404. The van der Waals surface area contributed by atoms with E-state index in [1.807, 2.05) is 18.5 Å². The second-order valence-electron chi connectivity index (χ2n) is 6.65. The fourth-order valence-electron chi connectivity index (χ4n) is 3.84. The quantitative estimate of drug-likeness (QED) is 0.728. The van der Waals surface area contributed by atoms with Crippen LogP contribution in [-0.4, -0.2) is 37.2 Å². The number of aromatic nitrogens is 1. The van der Waals surface area contributed by atoms with E-state index in [4.69, 9.17) is 0 Å². The standard InChI is InChI=1S/C17H28N4/c1-2-16(14-19-9-1)21-13-12-20-15-3-5-17(6-4-15)7-10-18-11-8-17/h1-2,9,14-15,18,20-21H,3-8,10-13H2. The van der Waals surface area contributed by atoms with E-state index in [0.717, 1.165) is 24.8 Å². The number of pyridine rings is 1. The van der Waals surface area contributed by atoms with Gasteiger partial charge in [-0.1, -0.05) is 0 Å². The molecule has 116 valence electrons. The maximum Gasteiger partial charge on any atom is 0.0527 e. The lowest BCUT2D eigenvalue weighted by molar-refractivity contribution is 0.116. The summed E-state index contributed by atoms with van der Waals surface area (Å²) in [6.45, 7) is 4.46. The summed E-state index contributed by atoms with van der Waals surface area (Å²) in [6, 6.07) is 4.75. The van der Waals surface area contributed by atoms with Gasteiger partial charge in [-0.2, -0.15) is 0 Å². The Morgan fingerprint density at radius 2 is 1.95 bits per heavy atom. The highest BCUT2D eigenvalue weighted by Crippen LogP contribution is 2.43. The summed E-state index contributed by atoms with van der Waals surface area (Å²) in [5.41, 5.74) is 1.79. The summed E-state index contributed by atoms with van der Waals surface area (Å²) in [4.78, 5) is 4.11. The molecule has 1 aromatic heterocycles. The van der Waals surface area contributed by atoms with Gasteiger partial charge in [0.2, 0.25) is 0 Å². The molecule has 1 saturated carbocycles. The van der Waals surface area contributed by atoms with Gasteiger partial charge in [0.1, 0.15) is 0 Å². The van der Waals surface area contributed by atoms with Crippen LogP contribution in [0.5, 0.6) is 0 Å². The Kier molecular flexibility index (Phi) is 5.09. The smallest absolute Gasteiger partial charge is 0.0527 e. The molecule has 2 aliphatic rings. The van der Waals surface area contributed by atoms with E-state index in [9.17, 15) is 0 Å². The van der Waals surface area contributed by atoms with Crippen molar-refractivity contribution in [3.63, 3.8) is 0 Å². The molecule has 1 saturated heterocycles. The van der Waals surface area contributed by atoms with Crippen LogP contribution in [0.25, 0.3) is 0 Å². The second-order valence-corrected chi connectivity index (χ2v) is 6.65. The SMILES string of the molecule is c1cncc(NCCNC2CCC3(CCNCC3)CC2)c1. The van der Waals surface area contributed by atoms with Crippen LogP contribution in [0.4, 0.5) is 5.69 Å². The topological polar surface area (TPSA) is 49.0 Å². The number of piperidine rings is 1. The van der Waals surface area contributed by atoms with Crippen LogP contribution in [-0.2, 0) is 0 Å². The maximum absolute atomic E-state index is 4.11. The third-order valence-electron chi connectivity index (χ3n) is 5.26. The van der Waals surface area contributed by atoms with Gasteiger partial charge in [0.05, 0.1) is 5.69 Å². The van der Waals surface area contributed by atoms with Crippen molar-refractivity contribution in [2.75, 3.05) is 31.5 Å². The fourth-order valence-corrected chi connectivity index (χ4v) is 3.84. The monoisotopic (exact) mass is 288 g/mol. The molecule has 3 rings (SSSR count). The van der Waals surface area contributed by atoms with Crippen molar-refractivity contribution < 1.29 is 0 Å². The third-order valence-corrected chi connectivity index (χ3v) is 5.26. The molecule has 3 N–H and O–H groups in total. The molecule has 21 heavy (non-hydrogen) atoms. The van der Waals surface area contributed by atoms with E-state index in [0.29, 0.717) is 5.41 Å². The first kappa shape index (κ1) is 14.8. The number of nitrogens with zero attached hydrogens (tertiary/aromatic N) is 1. The molecule has 0 atom stereocenters. The van der Waals surface area contributed by atoms with Crippen LogP contribution in [0.15, 0.2) is 24.5 Å². The first-order valence-corrected chi connectivity index (χ1v) is 8.44. The van der Waals surface area contributed by atoms with Gasteiger partial charge in [-0.3, -0.25) is 4.98 Å². The van der Waals surface area contributed by atoms with Crippen LogP contribution >= 0.6 is 0 Å². The number of hydrogen-bond donors (Lipinski definition) is 3. The van der Waals surface area contributed by atoms with Crippen molar-refractivity contribution in [3.05, 3.63) is 24.5 Å². The van der Waals surface area contributed by atoms with E-state index in [1.54, 1.807) is 0 Å². The molecule has 4 nitrogen and oxygen atoms in total. The van der Waals surface area contributed by atoms with Gasteiger partial charge in [-0.05, 0) is 69.2 Å². The molecule has 1 spiro atoms. The fraction of sp³-hybridized carbons (Fsp3) is 0.706. The third kappa shape index (κ3) is 4.17.